The molecule has 3 aromatic rings. The molecule has 3 aromatic heterocycles. The Bertz CT molecular complexity index is 941. The van der Waals surface area contributed by atoms with Crippen LogP contribution in [0.5, 0.6) is 5.88 Å². The van der Waals surface area contributed by atoms with E-state index in [1.807, 2.05) is 19.1 Å². The molecule has 0 aromatic carbocycles. The average molecular weight is 416 g/mol. The highest BCUT2D eigenvalue weighted by Gasteiger charge is 2.29. The summed E-state index contributed by atoms with van der Waals surface area (Å²) in [5.41, 5.74) is 1.93. The number of fused-ring (bicyclic) bond motifs is 1. The Balaban J connectivity index is 1.30. The summed E-state index contributed by atoms with van der Waals surface area (Å²) in [6.07, 6.45) is 7.65. The Labute approximate surface area is 173 Å². The molecule has 1 saturated heterocycles. The molecule has 2 aliphatic rings. The van der Waals surface area contributed by atoms with Gasteiger partial charge < -0.3 is 15.0 Å². The molecule has 1 saturated carbocycles. The lowest BCUT2D eigenvalue weighted by Crippen LogP contribution is -2.38. The van der Waals surface area contributed by atoms with E-state index in [9.17, 15) is 0 Å². The first-order chi connectivity index (χ1) is 13.7. The number of rotatable bonds is 5. The number of anilines is 2. The zero-order valence-electron chi connectivity index (χ0n) is 16.1. The molecule has 0 amide bonds. The smallest absolute Gasteiger partial charge is 0.236 e. The van der Waals surface area contributed by atoms with Crippen LogP contribution in [-0.4, -0.2) is 44.5 Å². The Morgan fingerprint density at radius 2 is 1.96 bits per heavy atom. The van der Waals surface area contributed by atoms with Gasteiger partial charge in [-0.3, -0.25) is 0 Å². The largest absolute Gasteiger partial charge is 0.473 e. The van der Waals surface area contributed by atoms with Crippen LogP contribution in [0.1, 0.15) is 44.2 Å². The van der Waals surface area contributed by atoms with Crippen molar-refractivity contribution >= 4 is 44.0 Å². The van der Waals surface area contributed by atoms with Crippen molar-refractivity contribution in [3.8, 4) is 5.88 Å². The average Bonchev–Trinajstić information content (AvgIpc) is 3.44. The summed E-state index contributed by atoms with van der Waals surface area (Å²) in [7, 11) is 0. The third-order valence-electron chi connectivity index (χ3n) is 5.71. The molecule has 1 N–H and O–H groups in total. The SMILES string of the molecule is Cc1cc(Nc2nc(O[C@H]3CC[C@H](N4CCCC4)CC3)c3sccc3n2)sn1. The summed E-state index contributed by atoms with van der Waals surface area (Å²) >= 11 is 3.07. The number of ether oxygens (including phenoxy) is 1. The van der Waals surface area contributed by atoms with Crippen LogP contribution >= 0.6 is 22.9 Å². The minimum Gasteiger partial charge on any atom is -0.473 e. The first-order valence-electron chi connectivity index (χ1n) is 10.1. The molecule has 2 fully saturated rings. The first kappa shape index (κ1) is 18.3. The first-order valence-corrected chi connectivity index (χ1v) is 11.8. The maximum atomic E-state index is 6.41. The van der Waals surface area contributed by atoms with Gasteiger partial charge in [-0.1, -0.05) is 0 Å². The van der Waals surface area contributed by atoms with E-state index >= 15 is 0 Å². The van der Waals surface area contributed by atoms with Crippen LogP contribution in [0.4, 0.5) is 10.9 Å². The fourth-order valence-corrected chi connectivity index (χ4v) is 5.72. The molecular formula is C20H25N5OS2. The zero-order chi connectivity index (χ0) is 18.9. The number of aryl methyl sites for hydroxylation is 1. The van der Waals surface area contributed by atoms with Gasteiger partial charge in [0, 0.05) is 6.04 Å². The second-order valence-corrected chi connectivity index (χ2v) is 9.46. The van der Waals surface area contributed by atoms with Gasteiger partial charge in [0.25, 0.3) is 0 Å². The number of nitrogens with one attached hydrogen (secondary N) is 1. The summed E-state index contributed by atoms with van der Waals surface area (Å²) in [5, 5.41) is 6.28. The highest BCUT2D eigenvalue weighted by molar-refractivity contribution is 7.17. The molecule has 4 heterocycles. The number of likely N-dealkylation sites (tertiary alicyclic amines) is 1. The maximum absolute atomic E-state index is 6.41. The molecule has 1 aliphatic carbocycles. The third kappa shape index (κ3) is 3.86. The Morgan fingerprint density at radius 1 is 1.14 bits per heavy atom. The van der Waals surface area contributed by atoms with Crippen LogP contribution in [0.25, 0.3) is 10.2 Å². The van der Waals surface area contributed by atoms with Gasteiger partial charge >= 0.3 is 0 Å². The van der Waals surface area contributed by atoms with Gasteiger partial charge in [0.1, 0.15) is 15.8 Å². The molecule has 0 unspecified atom stereocenters. The highest BCUT2D eigenvalue weighted by Crippen LogP contribution is 2.34. The van der Waals surface area contributed by atoms with E-state index in [2.05, 4.69) is 25.0 Å². The van der Waals surface area contributed by atoms with E-state index < -0.39 is 0 Å². The van der Waals surface area contributed by atoms with Crippen LogP contribution < -0.4 is 10.1 Å². The molecule has 0 spiro atoms. The van der Waals surface area contributed by atoms with Gasteiger partial charge in [-0.15, -0.1) is 11.3 Å². The van der Waals surface area contributed by atoms with Crippen LogP contribution in [0, 0.1) is 6.92 Å². The standard InChI is InChI=1S/C20H25N5OS2/c1-13-12-17(28-24-13)22-20-21-16-8-11-27-18(16)19(23-20)26-15-6-4-14(5-7-15)25-9-2-3-10-25/h8,11-12,14-15H,2-7,9-10H2,1H3,(H,21,22,23)/t14-,15-. The monoisotopic (exact) mass is 415 g/mol. The highest BCUT2D eigenvalue weighted by atomic mass is 32.1. The predicted octanol–water partition coefficient (Wildman–Crippen LogP) is 4.99. The number of aromatic nitrogens is 3. The van der Waals surface area contributed by atoms with Crippen molar-refractivity contribution in [1.82, 2.24) is 19.2 Å². The van der Waals surface area contributed by atoms with Crippen molar-refractivity contribution < 1.29 is 4.74 Å². The molecule has 6 nitrogen and oxygen atoms in total. The molecule has 5 rings (SSSR count). The summed E-state index contributed by atoms with van der Waals surface area (Å²) in [6, 6.07) is 4.79. The summed E-state index contributed by atoms with van der Waals surface area (Å²) < 4.78 is 11.8. The summed E-state index contributed by atoms with van der Waals surface area (Å²) in [4.78, 5) is 12.0. The van der Waals surface area contributed by atoms with Crippen LogP contribution in [0.2, 0.25) is 0 Å². The zero-order valence-corrected chi connectivity index (χ0v) is 17.7. The Kier molecular flexibility index (Phi) is 5.17. The van der Waals surface area contributed by atoms with E-state index in [4.69, 9.17) is 9.72 Å². The van der Waals surface area contributed by atoms with Gasteiger partial charge in [0.15, 0.2) is 0 Å². The third-order valence-corrected chi connectivity index (χ3v) is 7.40. The molecule has 0 atom stereocenters. The molecular weight excluding hydrogens is 390 g/mol. The minimum atomic E-state index is 0.248. The second-order valence-electron chi connectivity index (χ2n) is 7.74. The Hall–Kier alpha value is -1.77. The number of thiophene rings is 1. The van der Waals surface area contributed by atoms with Gasteiger partial charge in [0.05, 0.1) is 11.2 Å². The van der Waals surface area contributed by atoms with Crippen molar-refractivity contribution in [2.45, 2.75) is 57.6 Å². The van der Waals surface area contributed by atoms with Gasteiger partial charge in [-0.05, 0) is 87.6 Å². The lowest BCUT2D eigenvalue weighted by atomic mass is 9.92. The van der Waals surface area contributed by atoms with Gasteiger partial charge in [-0.2, -0.15) is 9.36 Å². The summed E-state index contributed by atoms with van der Waals surface area (Å²) in [6.45, 7) is 4.55. The van der Waals surface area contributed by atoms with Crippen LogP contribution in [-0.2, 0) is 0 Å². The Morgan fingerprint density at radius 3 is 2.71 bits per heavy atom. The van der Waals surface area contributed by atoms with Crippen molar-refractivity contribution in [3.63, 3.8) is 0 Å². The fraction of sp³-hybridized carbons (Fsp3) is 0.550. The fourth-order valence-electron chi connectivity index (χ4n) is 4.30. The topological polar surface area (TPSA) is 63.2 Å². The van der Waals surface area contributed by atoms with Crippen molar-refractivity contribution in [2.24, 2.45) is 0 Å². The van der Waals surface area contributed by atoms with E-state index in [0.717, 1.165) is 39.8 Å². The lowest BCUT2D eigenvalue weighted by Gasteiger charge is -2.34. The normalized spacial score (nSPS) is 23.3. The molecule has 1 aliphatic heterocycles. The molecule has 8 heteroatoms. The maximum Gasteiger partial charge on any atom is 0.236 e. The van der Waals surface area contributed by atoms with E-state index in [1.165, 1.54) is 50.3 Å². The molecule has 28 heavy (non-hydrogen) atoms. The molecule has 148 valence electrons. The van der Waals surface area contributed by atoms with E-state index in [0.29, 0.717) is 11.8 Å². The molecule has 0 radical (unpaired) electrons. The lowest BCUT2D eigenvalue weighted by molar-refractivity contribution is 0.0981. The van der Waals surface area contributed by atoms with Crippen LogP contribution in [0.15, 0.2) is 17.5 Å². The number of hydrogen-bond acceptors (Lipinski definition) is 8. The van der Waals surface area contributed by atoms with Crippen LogP contribution in [0.3, 0.4) is 0 Å². The van der Waals surface area contributed by atoms with Gasteiger partial charge in [0.2, 0.25) is 11.8 Å². The minimum absolute atomic E-state index is 0.248. The van der Waals surface area contributed by atoms with Crippen molar-refractivity contribution in [1.29, 1.82) is 0 Å². The van der Waals surface area contributed by atoms with Crippen molar-refractivity contribution in [2.75, 3.05) is 18.4 Å². The predicted molar refractivity (Wildman–Crippen MR) is 115 cm³/mol. The van der Waals surface area contributed by atoms with E-state index in [1.54, 1.807) is 11.3 Å². The second kappa shape index (κ2) is 7.93. The van der Waals surface area contributed by atoms with E-state index in [-0.39, 0.29) is 6.10 Å². The van der Waals surface area contributed by atoms with Crippen molar-refractivity contribution in [3.05, 3.63) is 23.2 Å². The summed E-state index contributed by atoms with van der Waals surface area (Å²) in [5.74, 6) is 1.30. The number of nitrogens with zero attached hydrogens (tertiary/aromatic N) is 4. The quantitative estimate of drug-likeness (QED) is 0.634. The van der Waals surface area contributed by atoms with Gasteiger partial charge in [-0.25, -0.2) is 4.98 Å². The molecule has 0 bridgehead atoms. The number of hydrogen-bond donors (Lipinski definition) is 1.